The van der Waals surface area contributed by atoms with Gasteiger partial charge in [-0.2, -0.15) is 0 Å². The average Bonchev–Trinajstić information content (AvgIpc) is 2.62. The summed E-state index contributed by atoms with van der Waals surface area (Å²) >= 11 is 0. The van der Waals surface area contributed by atoms with E-state index in [1.807, 2.05) is 0 Å². The van der Waals surface area contributed by atoms with Crippen LogP contribution in [0.2, 0.25) is 0 Å². The first kappa shape index (κ1) is 18.7. The van der Waals surface area contributed by atoms with Crippen LogP contribution in [0.15, 0.2) is 60.7 Å². The monoisotopic (exact) mass is 325 g/mol. The molecule has 0 amide bonds. The second-order valence-electron chi connectivity index (χ2n) is 6.69. The van der Waals surface area contributed by atoms with Crippen molar-refractivity contribution in [3.63, 3.8) is 0 Å². The van der Waals surface area contributed by atoms with Crippen LogP contribution in [0.25, 0.3) is 0 Å². The van der Waals surface area contributed by atoms with Gasteiger partial charge in [-0.05, 0) is 23.5 Å². The molecule has 0 radical (unpaired) electrons. The fraction of sp³-hybridized carbons (Fsp3) is 0.455. The average molecular weight is 325 g/mol. The SMILES string of the molecule is CCCCC[C@@H](CO)CN(Cc1ccccc1)Cc1ccccc1. The molecule has 0 bridgehead atoms. The van der Waals surface area contributed by atoms with Crippen molar-refractivity contribution in [2.75, 3.05) is 13.2 Å². The number of benzene rings is 2. The number of nitrogens with zero attached hydrogens (tertiary/aromatic N) is 1. The first-order chi connectivity index (χ1) is 11.8. The third kappa shape index (κ3) is 6.86. The molecule has 2 heteroatoms. The molecule has 24 heavy (non-hydrogen) atoms. The minimum absolute atomic E-state index is 0.282. The molecule has 2 rings (SSSR count). The quantitative estimate of drug-likeness (QED) is 0.595. The van der Waals surface area contributed by atoms with E-state index in [1.165, 1.54) is 30.4 Å². The van der Waals surface area contributed by atoms with E-state index in [4.69, 9.17) is 0 Å². The molecule has 1 atom stereocenters. The van der Waals surface area contributed by atoms with Gasteiger partial charge in [0.25, 0.3) is 0 Å². The van der Waals surface area contributed by atoms with Crippen molar-refractivity contribution in [3.05, 3.63) is 71.8 Å². The van der Waals surface area contributed by atoms with Crippen molar-refractivity contribution in [2.24, 2.45) is 5.92 Å². The van der Waals surface area contributed by atoms with Gasteiger partial charge < -0.3 is 5.11 Å². The summed E-state index contributed by atoms with van der Waals surface area (Å²) in [7, 11) is 0. The van der Waals surface area contributed by atoms with E-state index < -0.39 is 0 Å². The van der Waals surface area contributed by atoms with Gasteiger partial charge in [-0.3, -0.25) is 4.90 Å². The van der Waals surface area contributed by atoms with E-state index in [-0.39, 0.29) is 6.61 Å². The molecule has 0 fully saturated rings. The van der Waals surface area contributed by atoms with Crippen molar-refractivity contribution in [3.8, 4) is 0 Å². The normalized spacial score (nSPS) is 12.5. The highest BCUT2D eigenvalue weighted by Crippen LogP contribution is 2.16. The zero-order valence-electron chi connectivity index (χ0n) is 14.9. The molecular weight excluding hydrogens is 294 g/mol. The molecule has 0 heterocycles. The molecule has 0 aliphatic heterocycles. The van der Waals surface area contributed by atoms with E-state index >= 15 is 0 Å². The van der Waals surface area contributed by atoms with E-state index in [2.05, 4.69) is 72.5 Å². The van der Waals surface area contributed by atoms with Crippen LogP contribution in [0.3, 0.4) is 0 Å². The zero-order valence-corrected chi connectivity index (χ0v) is 14.9. The highest BCUT2D eigenvalue weighted by molar-refractivity contribution is 5.17. The van der Waals surface area contributed by atoms with Gasteiger partial charge in [0.2, 0.25) is 0 Å². The van der Waals surface area contributed by atoms with Crippen LogP contribution in [-0.2, 0) is 13.1 Å². The van der Waals surface area contributed by atoms with Crippen LogP contribution in [0.5, 0.6) is 0 Å². The van der Waals surface area contributed by atoms with Gasteiger partial charge in [0.05, 0.1) is 0 Å². The molecule has 2 nitrogen and oxygen atoms in total. The second-order valence-corrected chi connectivity index (χ2v) is 6.69. The Bertz CT molecular complexity index is 499. The molecule has 0 spiro atoms. The summed E-state index contributed by atoms with van der Waals surface area (Å²) in [4.78, 5) is 2.47. The van der Waals surface area contributed by atoms with Crippen LogP contribution in [-0.4, -0.2) is 23.2 Å². The van der Waals surface area contributed by atoms with E-state index in [0.29, 0.717) is 5.92 Å². The number of unbranched alkanes of at least 4 members (excludes halogenated alkanes) is 2. The Labute approximate surface area is 147 Å². The molecule has 0 aliphatic carbocycles. The Morgan fingerprint density at radius 1 is 0.833 bits per heavy atom. The second kappa shape index (κ2) is 11.0. The van der Waals surface area contributed by atoms with Gasteiger partial charge >= 0.3 is 0 Å². The molecule has 1 N–H and O–H groups in total. The molecule has 2 aromatic carbocycles. The van der Waals surface area contributed by atoms with Gasteiger partial charge in [0, 0.05) is 26.2 Å². The van der Waals surface area contributed by atoms with E-state index in [9.17, 15) is 5.11 Å². The van der Waals surface area contributed by atoms with E-state index in [1.54, 1.807) is 0 Å². The van der Waals surface area contributed by atoms with Crippen LogP contribution < -0.4 is 0 Å². The predicted molar refractivity (Wildman–Crippen MR) is 102 cm³/mol. The smallest absolute Gasteiger partial charge is 0.0471 e. The van der Waals surface area contributed by atoms with Gasteiger partial charge in [0.15, 0.2) is 0 Å². The lowest BCUT2D eigenvalue weighted by molar-refractivity contribution is 0.145. The summed E-state index contributed by atoms with van der Waals surface area (Å²) in [5, 5.41) is 9.78. The van der Waals surface area contributed by atoms with E-state index in [0.717, 1.165) is 26.1 Å². The minimum atomic E-state index is 0.282. The third-order valence-corrected chi connectivity index (χ3v) is 4.49. The Morgan fingerprint density at radius 3 is 1.83 bits per heavy atom. The maximum Gasteiger partial charge on any atom is 0.0471 e. The van der Waals surface area contributed by atoms with Crippen LogP contribution >= 0.6 is 0 Å². The van der Waals surface area contributed by atoms with Gasteiger partial charge in [-0.25, -0.2) is 0 Å². The summed E-state index contributed by atoms with van der Waals surface area (Å²) < 4.78 is 0. The number of hydrogen-bond acceptors (Lipinski definition) is 2. The lowest BCUT2D eigenvalue weighted by Gasteiger charge is -2.27. The Morgan fingerprint density at radius 2 is 1.38 bits per heavy atom. The third-order valence-electron chi connectivity index (χ3n) is 4.49. The molecule has 130 valence electrons. The van der Waals surface area contributed by atoms with Crippen molar-refractivity contribution < 1.29 is 5.11 Å². The number of aliphatic hydroxyl groups excluding tert-OH is 1. The predicted octanol–water partition coefficient (Wildman–Crippen LogP) is 4.88. The van der Waals surface area contributed by atoms with Crippen LogP contribution in [0.1, 0.15) is 43.7 Å². The molecule has 2 aromatic rings. The first-order valence-corrected chi connectivity index (χ1v) is 9.23. The van der Waals surface area contributed by atoms with Crippen molar-refractivity contribution in [1.82, 2.24) is 4.90 Å². The summed E-state index contributed by atoms with van der Waals surface area (Å²) in [5.74, 6) is 0.365. The zero-order chi connectivity index (χ0) is 17.0. The summed E-state index contributed by atoms with van der Waals surface area (Å²) in [6.45, 7) is 5.32. The summed E-state index contributed by atoms with van der Waals surface area (Å²) in [6.07, 6.45) is 4.82. The Hall–Kier alpha value is -1.64. The molecule has 0 saturated heterocycles. The lowest BCUT2D eigenvalue weighted by atomic mass is 10.0. The molecule has 0 unspecified atom stereocenters. The summed E-state index contributed by atoms with van der Waals surface area (Å²) in [5.41, 5.74) is 2.66. The topological polar surface area (TPSA) is 23.5 Å². The van der Waals surface area contributed by atoms with Gasteiger partial charge in [0.1, 0.15) is 0 Å². The minimum Gasteiger partial charge on any atom is -0.396 e. The Kier molecular flexibility index (Phi) is 8.58. The first-order valence-electron chi connectivity index (χ1n) is 9.23. The van der Waals surface area contributed by atoms with Gasteiger partial charge in [-0.1, -0.05) is 86.8 Å². The fourth-order valence-corrected chi connectivity index (χ4v) is 3.16. The molecule has 0 aliphatic rings. The lowest BCUT2D eigenvalue weighted by Crippen LogP contribution is -2.30. The van der Waals surface area contributed by atoms with Crippen molar-refractivity contribution in [2.45, 2.75) is 45.7 Å². The maximum absolute atomic E-state index is 9.78. The maximum atomic E-state index is 9.78. The summed E-state index contributed by atoms with van der Waals surface area (Å²) in [6, 6.07) is 21.2. The Balaban J connectivity index is 2.00. The molecule has 0 saturated carbocycles. The van der Waals surface area contributed by atoms with Gasteiger partial charge in [-0.15, -0.1) is 0 Å². The number of hydrogen-bond donors (Lipinski definition) is 1. The molecular formula is C22H31NO. The largest absolute Gasteiger partial charge is 0.396 e. The standard InChI is InChI=1S/C22H31NO/c1-2-3-6-15-22(19-24)18-23(16-20-11-7-4-8-12-20)17-21-13-9-5-10-14-21/h4-5,7-14,22,24H,2-3,6,15-19H2,1H3/t22-/m1/s1. The highest BCUT2D eigenvalue weighted by Gasteiger charge is 2.14. The number of rotatable bonds is 11. The highest BCUT2D eigenvalue weighted by atomic mass is 16.3. The van der Waals surface area contributed by atoms with Crippen molar-refractivity contribution >= 4 is 0 Å². The van der Waals surface area contributed by atoms with Crippen molar-refractivity contribution in [1.29, 1.82) is 0 Å². The van der Waals surface area contributed by atoms with Crippen LogP contribution in [0, 0.1) is 5.92 Å². The molecule has 0 aromatic heterocycles. The fourth-order valence-electron chi connectivity index (χ4n) is 3.16. The number of aliphatic hydroxyl groups is 1. The van der Waals surface area contributed by atoms with Crippen LogP contribution in [0.4, 0.5) is 0 Å².